The molecule has 0 spiro atoms. The minimum absolute atomic E-state index is 0.0468. The maximum absolute atomic E-state index is 12.9. The van der Waals surface area contributed by atoms with E-state index in [4.69, 9.17) is 9.15 Å². The number of aryl methyl sites for hydroxylation is 2. The zero-order valence-corrected chi connectivity index (χ0v) is 17.9. The molecule has 0 saturated carbocycles. The van der Waals surface area contributed by atoms with Gasteiger partial charge in [-0.3, -0.25) is 9.69 Å². The van der Waals surface area contributed by atoms with Gasteiger partial charge in [-0.15, -0.1) is 0 Å². The van der Waals surface area contributed by atoms with Crippen LogP contribution in [0.4, 0.5) is 0 Å². The molecule has 2 heterocycles. The number of methoxy groups -OCH3 is 1. The van der Waals surface area contributed by atoms with Crippen molar-refractivity contribution >= 4 is 16.8 Å². The van der Waals surface area contributed by atoms with Crippen molar-refractivity contribution in [1.82, 2.24) is 4.90 Å². The van der Waals surface area contributed by atoms with Crippen molar-refractivity contribution in [2.75, 3.05) is 20.2 Å². The molecule has 1 saturated heterocycles. The molecule has 2 aliphatic rings. The average molecular weight is 418 g/mol. The fourth-order valence-electron chi connectivity index (χ4n) is 5.01. The number of ether oxygens (including phenoxy) is 1. The number of hydrogen-bond acceptors (Lipinski definition) is 5. The Labute approximate surface area is 181 Å². The Morgan fingerprint density at radius 3 is 2.48 bits per heavy atom. The number of ketones is 1. The van der Waals surface area contributed by atoms with Crippen molar-refractivity contribution < 1.29 is 13.9 Å². The molecule has 0 N–H and O–H groups in total. The van der Waals surface area contributed by atoms with Gasteiger partial charge in [0.1, 0.15) is 11.3 Å². The molecule has 1 aliphatic carbocycles. The molecular formula is C26H27NO4. The van der Waals surface area contributed by atoms with Gasteiger partial charge in [0.05, 0.1) is 7.11 Å². The van der Waals surface area contributed by atoms with Crippen LogP contribution in [0.25, 0.3) is 11.0 Å². The topological polar surface area (TPSA) is 59.8 Å². The van der Waals surface area contributed by atoms with E-state index in [-0.39, 0.29) is 17.3 Å². The zero-order valence-electron chi connectivity index (χ0n) is 17.9. The molecule has 1 aliphatic heterocycles. The zero-order chi connectivity index (χ0) is 21.4. The SMILES string of the molecule is COc1ccc(C(=O)C2CCN(Cc3cc(=O)oc4cc5c(cc34)CCC5)CC2)cc1. The number of carbonyl (C=O) groups is 1. The van der Waals surface area contributed by atoms with Crippen molar-refractivity contribution in [3.8, 4) is 5.75 Å². The summed E-state index contributed by atoms with van der Waals surface area (Å²) in [7, 11) is 1.62. The van der Waals surface area contributed by atoms with Gasteiger partial charge in [-0.05, 0) is 98.3 Å². The maximum Gasteiger partial charge on any atom is 0.336 e. The number of hydrogen-bond donors (Lipinski definition) is 0. The van der Waals surface area contributed by atoms with Crippen molar-refractivity contribution in [3.05, 3.63) is 75.1 Å². The monoisotopic (exact) mass is 417 g/mol. The quantitative estimate of drug-likeness (QED) is 0.455. The van der Waals surface area contributed by atoms with Crippen LogP contribution in [0.15, 0.2) is 51.7 Å². The van der Waals surface area contributed by atoms with Crippen LogP contribution in [0, 0.1) is 5.92 Å². The molecule has 160 valence electrons. The summed E-state index contributed by atoms with van der Waals surface area (Å²) in [6, 6.07) is 13.3. The molecule has 2 aromatic carbocycles. The molecule has 31 heavy (non-hydrogen) atoms. The molecule has 3 aromatic rings. The minimum Gasteiger partial charge on any atom is -0.497 e. The third kappa shape index (κ3) is 4.02. The van der Waals surface area contributed by atoms with Gasteiger partial charge in [-0.25, -0.2) is 4.79 Å². The highest BCUT2D eigenvalue weighted by molar-refractivity contribution is 5.98. The Bertz CT molecular complexity index is 1170. The number of rotatable bonds is 5. The number of Topliss-reactive ketones (excluding diaryl/α,β-unsaturated/α-hetero) is 1. The number of likely N-dealkylation sites (tertiary alicyclic amines) is 1. The number of piperidine rings is 1. The van der Waals surface area contributed by atoms with Crippen LogP contribution < -0.4 is 10.4 Å². The first-order valence-corrected chi connectivity index (χ1v) is 11.1. The van der Waals surface area contributed by atoms with Gasteiger partial charge in [0, 0.05) is 29.5 Å². The lowest BCUT2D eigenvalue weighted by atomic mass is 9.88. The lowest BCUT2D eigenvalue weighted by Crippen LogP contribution is -2.36. The van der Waals surface area contributed by atoms with Gasteiger partial charge in [-0.2, -0.15) is 0 Å². The van der Waals surface area contributed by atoms with Crippen LogP contribution in [0.1, 0.15) is 46.3 Å². The molecule has 5 nitrogen and oxygen atoms in total. The van der Waals surface area contributed by atoms with Crippen LogP contribution in [0.3, 0.4) is 0 Å². The van der Waals surface area contributed by atoms with E-state index in [9.17, 15) is 9.59 Å². The van der Waals surface area contributed by atoms with E-state index in [0.29, 0.717) is 12.1 Å². The summed E-state index contributed by atoms with van der Waals surface area (Å²) >= 11 is 0. The summed E-state index contributed by atoms with van der Waals surface area (Å²) in [5.41, 5.74) is 4.88. The van der Waals surface area contributed by atoms with E-state index in [2.05, 4.69) is 17.0 Å². The van der Waals surface area contributed by atoms with Crippen LogP contribution in [0.5, 0.6) is 5.75 Å². The normalized spacial score (nSPS) is 17.1. The largest absolute Gasteiger partial charge is 0.497 e. The second kappa shape index (κ2) is 8.31. The third-order valence-corrected chi connectivity index (χ3v) is 6.77. The fourth-order valence-corrected chi connectivity index (χ4v) is 5.01. The second-order valence-corrected chi connectivity index (χ2v) is 8.70. The molecule has 1 aromatic heterocycles. The smallest absolute Gasteiger partial charge is 0.336 e. The van der Waals surface area contributed by atoms with Crippen LogP contribution >= 0.6 is 0 Å². The molecule has 1 fully saturated rings. The Morgan fingerprint density at radius 1 is 1.06 bits per heavy atom. The second-order valence-electron chi connectivity index (χ2n) is 8.70. The average Bonchev–Trinajstić information content (AvgIpc) is 3.25. The first-order valence-electron chi connectivity index (χ1n) is 11.1. The van der Waals surface area contributed by atoms with Crippen LogP contribution in [-0.2, 0) is 19.4 Å². The summed E-state index contributed by atoms with van der Waals surface area (Å²) in [5, 5.41) is 1.05. The Morgan fingerprint density at radius 2 is 1.77 bits per heavy atom. The summed E-state index contributed by atoms with van der Waals surface area (Å²) in [4.78, 5) is 27.4. The number of nitrogens with zero attached hydrogens (tertiary/aromatic N) is 1. The Kier molecular flexibility index (Phi) is 5.36. The van der Waals surface area contributed by atoms with E-state index in [1.165, 1.54) is 17.5 Å². The van der Waals surface area contributed by atoms with Gasteiger partial charge in [0.15, 0.2) is 5.78 Å². The minimum atomic E-state index is -0.287. The molecule has 0 amide bonds. The molecule has 5 rings (SSSR count). The standard InChI is InChI=1S/C26H27NO4/c1-30-22-7-5-17(6-8-22)26(29)18-9-11-27(12-10-18)16-21-15-25(28)31-24-14-20-4-2-3-19(20)13-23(21)24/h5-8,13-15,18H,2-4,9-12,16H2,1H3. The van der Waals surface area contributed by atoms with Crippen molar-refractivity contribution in [2.45, 2.75) is 38.6 Å². The highest BCUT2D eigenvalue weighted by Crippen LogP contribution is 2.30. The van der Waals surface area contributed by atoms with E-state index in [1.807, 2.05) is 24.3 Å². The van der Waals surface area contributed by atoms with Crippen molar-refractivity contribution in [1.29, 1.82) is 0 Å². The summed E-state index contributed by atoms with van der Waals surface area (Å²) in [5.74, 6) is 1.02. The van der Waals surface area contributed by atoms with Crippen molar-refractivity contribution in [3.63, 3.8) is 0 Å². The van der Waals surface area contributed by atoms with Crippen LogP contribution in [-0.4, -0.2) is 30.9 Å². The summed E-state index contributed by atoms with van der Waals surface area (Å²) in [6.45, 7) is 2.41. The first-order chi connectivity index (χ1) is 15.1. The fraction of sp³-hybridized carbons (Fsp3) is 0.385. The molecule has 0 bridgehead atoms. The lowest BCUT2D eigenvalue weighted by Gasteiger charge is -2.31. The molecule has 0 unspecified atom stereocenters. The number of fused-ring (bicyclic) bond motifs is 2. The maximum atomic E-state index is 12.9. The van der Waals surface area contributed by atoms with Gasteiger partial charge in [-0.1, -0.05) is 0 Å². The highest BCUT2D eigenvalue weighted by atomic mass is 16.5. The van der Waals surface area contributed by atoms with Gasteiger partial charge in [0.2, 0.25) is 0 Å². The van der Waals surface area contributed by atoms with E-state index >= 15 is 0 Å². The van der Waals surface area contributed by atoms with Gasteiger partial charge in [0.25, 0.3) is 0 Å². The summed E-state index contributed by atoms with van der Waals surface area (Å²) in [6.07, 6.45) is 5.00. The van der Waals surface area contributed by atoms with Crippen LogP contribution in [0.2, 0.25) is 0 Å². The van der Waals surface area contributed by atoms with Gasteiger partial charge < -0.3 is 9.15 Å². The number of benzene rings is 2. The lowest BCUT2D eigenvalue weighted by molar-refractivity contribution is 0.0835. The number of carbonyl (C=O) groups excluding carboxylic acids is 1. The van der Waals surface area contributed by atoms with Gasteiger partial charge >= 0.3 is 5.63 Å². The Balaban J connectivity index is 1.29. The predicted octanol–water partition coefficient (Wildman–Crippen LogP) is 4.39. The van der Waals surface area contributed by atoms with E-state index in [1.54, 1.807) is 13.2 Å². The van der Waals surface area contributed by atoms with E-state index in [0.717, 1.165) is 61.0 Å². The predicted molar refractivity (Wildman–Crippen MR) is 120 cm³/mol. The summed E-state index contributed by atoms with van der Waals surface area (Å²) < 4.78 is 10.7. The Hall–Kier alpha value is -2.92. The molecular weight excluding hydrogens is 390 g/mol. The van der Waals surface area contributed by atoms with E-state index < -0.39 is 0 Å². The highest BCUT2D eigenvalue weighted by Gasteiger charge is 2.26. The third-order valence-electron chi connectivity index (χ3n) is 6.77. The van der Waals surface area contributed by atoms with Crippen molar-refractivity contribution in [2.24, 2.45) is 5.92 Å². The molecule has 5 heteroatoms. The molecule has 0 radical (unpaired) electrons. The molecule has 0 atom stereocenters. The first kappa shape index (κ1) is 20.0.